The molecule has 5 heteroatoms. The molecule has 5 nitrogen and oxygen atoms in total. The van der Waals surface area contributed by atoms with E-state index < -0.39 is 0 Å². The highest BCUT2D eigenvalue weighted by molar-refractivity contribution is 6.13. The molecule has 306 valence electrons. The molecule has 65 heavy (non-hydrogen) atoms. The summed E-state index contributed by atoms with van der Waals surface area (Å²) in [5.41, 5.74) is 12.7. The molecule has 0 saturated carbocycles. The van der Waals surface area contributed by atoms with E-state index in [1.165, 1.54) is 21.8 Å². The Balaban J connectivity index is 0.938. The lowest BCUT2D eigenvalue weighted by Crippen LogP contribution is -1.94. The second kappa shape index (κ2) is 14.9. The van der Waals surface area contributed by atoms with Gasteiger partial charge in [-0.05, 0) is 126 Å². The summed E-state index contributed by atoms with van der Waals surface area (Å²) in [6, 6.07) is 80.3. The average molecular weight is 835 g/mol. The highest BCUT2D eigenvalue weighted by Crippen LogP contribution is 2.42. The summed E-state index contributed by atoms with van der Waals surface area (Å²) < 4.78 is 24.2. The number of ether oxygens (including phenoxy) is 2. The van der Waals surface area contributed by atoms with Crippen LogP contribution in [0.2, 0.25) is 0 Å². The summed E-state index contributed by atoms with van der Waals surface area (Å²) in [4.78, 5) is 0. The minimum atomic E-state index is 0.775. The van der Waals surface area contributed by atoms with E-state index >= 15 is 0 Å². The molecule has 0 amide bonds. The highest BCUT2D eigenvalue weighted by atomic mass is 16.5. The molecule has 0 radical (unpaired) electrons. The minimum absolute atomic E-state index is 0.775. The minimum Gasteiger partial charge on any atom is -0.457 e. The number of para-hydroxylation sites is 5. The van der Waals surface area contributed by atoms with Crippen LogP contribution < -0.4 is 9.47 Å². The molecule has 13 rings (SSSR count). The van der Waals surface area contributed by atoms with Gasteiger partial charge >= 0.3 is 0 Å². The average Bonchev–Trinajstić information content (AvgIpc) is 4.02. The quantitative estimate of drug-likeness (QED) is 0.153. The Bertz CT molecular complexity index is 3900. The SMILES string of the molecule is c1ccc(Oc2cccc(-c3ccc4c(c3)c3cc(Oc5ccccc5)ccc3n4-c3ccc4oc5c(-c6cccc(-n7c8ccccc8c8ccccc87)c6)cccc5c4c3)c2)cc1. The number of nitrogens with zero attached hydrogens (tertiary/aromatic N) is 2. The van der Waals surface area contributed by atoms with Crippen molar-refractivity contribution in [3.05, 3.63) is 231 Å². The maximum Gasteiger partial charge on any atom is 0.143 e. The maximum atomic E-state index is 6.80. The van der Waals surface area contributed by atoms with Gasteiger partial charge in [-0.1, -0.05) is 121 Å². The van der Waals surface area contributed by atoms with Gasteiger partial charge in [0.1, 0.15) is 34.2 Å². The molecular weight excluding hydrogens is 797 g/mol. The smallest absolute Gasteiger partial charge is 0.143 e. The predicted octanol–water partition coefficient (Wildman–Crippen LogP) is 16.7. The van der Waals surface area contributed by atoms with Gasteiger partial charge in [-0.3, -0.25) is 0 Å². The molecule has 0 spiro atoms. The molecule has 13 aromatic rings. The first kappa shape index (κ1) is 36.8. The van der Waals surface area contributed by atoms with Crippen molar-refractivity contribution in [2.45, 2.75) is 0 Å². The molecule has 3 heterocycles. The predicted molar refractivity (Wildman–Crippen MR) is 266 cm³/mol. The number of hydrogen-bond acceptors (Lipinski definition) is 3. The molecule has 0 aliphatic heterocycles. The second-order valence-corrected chi connectivity index (χ2v) is 16.5. The van der Waals surface area contributed by atoms with Crippen molar-refractivity contribution in [3.63, 3.8) is 0 Å². The summed E-state index contributed by atoms with van der Waals surface area (Å²) in [7, 11) is 0. The lowest BCUT2D eigenvalue weighted by molar-refractivity contribution is 0.483. The Hall–Kier alpha value is -8.80. The Morgan fingerprint density at radius 2 is 0.831 bits per heavy atom. The van der Waals surface area contributed by atoms with E-state index in [4.69, 9.17) is 13.9 Å². The van der Waals surface area contributed by atoms with E-state index in [0.717, 1.165) is 100 Å². The zero-order valence-corrected chi connectivity index (χ0v) is 35.1. The second-order valence-electron chi connectivity index (χ2n) is 16.5. The Morgan fingerprint density at radius 3 is 1.57 bits per heavy atom. The zero-order valence-electron chi connectivity index (χ0n) is 35.1. The van der Waals surface area contributed by atoms with Gasteiger partial charge in [0.15, 0.2) is 0 Å². The van der Waals surface area contributed by atoms with Gasteiger partial charge in [-0.15, -0.1) is 0 Å². The summed E-state index contributed by atoms with van der Waals surface area (Å²) in [5.74, 6) is 3.16. The van der Waals surface area contributed by atoms with Gasteiger partial charge in [-0.25, -0.2) is 0 Å². The van der Waals surface area contributed by atoms with Crippen molar-refractivity contribution in [1.82, 2.24) is 9.13 Å². The normalized spacial score (nSPS) is 11.7. The number of furan rings is 1. The molecule has 0 saturated heterocycles. The van der Waals surface area contributed by atoms with Gasteiger partial charge in [-0.2, -0.15) is 0 Å². The number of fused-ring (bicyclic) bond motifs is 9. The van der Waals surface area contributed by atoms with Crippen LogP contribution in [0.3, 0.4) is 0 Å². The van der Waals surface area contributed by atoms with Gasteiger partial charge in [0.25, 0.3) is 0 Å². The molecule has 0 aliphatic rings. The summed E-state index contributed by atoms with van der Waals surface area (Å²) in [6.07, 6.45) is 0. The van der Waals surface area contributed by atoms with E-state index in [2.05, 4.69) is 167 Å². The number of rotatable bonds is 8. The van der Waals surface area contributed by atoms with Crippen LogP contribution in [0.4, 0.5) is 0 Å². The standard InChI is InChI=1S/C60H38N2O3/c1-3-17-44(18-4-1)63-46-21-12-14-39(35-46)40-28-31-57-52(36-40)53-38-47(64-45-19-5-2-6-20-45)30-32-58(53)62(57)43-29-33-59-54(37-43)51-25-13-24-48(60(51)65-59)41-15-11-16-42(34-41)61-55-26-9-7-22-49(55)50-23-8-10-27-56(50)61/h1-38H. The molecule has 10 aromatic carbocycles. The highest BCUT2D eigenvalue weighted by Gasteiger charge is 2.19. The number of aromatic nitrogens is 2. The van der Waals surface area contributed by atoms with Crippen LogP contribution in [0.5, 0.6) is 23.0 Å². The number of benzene rings is 10. The first-order valence-electron chi connectivity index (χ1n) is 21.9. The van der Waals surface area contributed by atoms with Crippen molar-refractivity contribution in [2.75, 3.05) is 0 Å². The van der Waals surface area contributed by atoms with Crippen molar-refractivity contribution in [2.24, 2.45) is 0 Å². The fraction of sp³-hybridized carbons (Fsp3) is 0. The zero-order chi connectivity index (χ0) is 42.8. The molecule has 0 aliphatic carbocycles. The Kier molecular flexibility index (Phi) is 8.46. The van der Waals surface area contributed by atoms with E-state index in [9.17, 15) is 0 Å². The number of hydrogen-bond donors (Lipinski definition) is 0. The van der Waals surface area contributed by atoms with E-state index in [0.29, 0.717) is 0 Å². The van der Waals surface area contributed by atoms with Crippen LogP contribution in [0.15, 0.2) is 235 Å². The van der Waals surface area contributed by atoms with Crippen LogP contribution in [0, 0.1) is 0 Å². The molecule has 0 atom stereocenters. The van der Waals surface area contributed by atoms with Gasteiger partial charge in [0, 0.05) is 49.3 Å². The van der Waals surface area contributed by atoms with Gasteiger partial charge in [0.05, 0.1) is 22.1 Å². The van der Waals surface area contributed by atoms with Crippen LogP contribution in [0.25, 0.3) is 99.2 Å². The third-order valence-electron chi connectivity index (χ3n) is 12.6. The fourth-order valence-corrected chi connectivity index (χ4v) is 9.68. The molecule has 0 N–H and O–H groups in total. The van der Waals surface area contributed by atoms with Crippen LogP contribution in [-0.4, -0.2) is 9.13 Å². The van der Waals surface area contributed by atoms with E-state index in [1.807, 2.05) is 72.8 Å². The fourth-order valence-electron chi connectivity index (χ4n) is 9.68. The third-order valence-corrected chi connectivity index (χ3v) is 12.6. The summed E-state index contributed by atoms with van der Waals surface area (Å²) >= 11 is 0. The van der Waals surface area contributed by atoms with Gasteiger partial charge < -0.3 is 23.0 Å². The van der Waals surface area contributed by atoms with Gasteiger partial charge in [0.2, 0.25) is 0 Å². The van der Waals surface area contributed by atoms with Crippen LogP contribution in [-0.2, 0) is 0 Å². The molecule has 0 fully saturated rings. The topological polar surface area (TPSA) is 41.5 Å². The van der Waals surface area contributed by atoms with Crippen molar-refractivity contribution >= 4 is 65.6 Å². The maximum absolute atomic E-state index is 6.80. The Labute approximate surface area is 374 Å². The molecule has 0 bridgehead atoms. The summed E-state index contributed by atoms with van der Waals surface area (Å²) in [6.45, 7) is 0. The monoisotopic (exact) mass is 834 g/mol. The molecule has 0 unspecified atom stereocenters. The first-order chi connectivity index (χ1) is 32.2. The van der Waals surface area contributed by atoms with E-state index in [-0.39, 0.29) is 0 Å². The molecular formula is C60H38N2O3. The molecule has 3 aromatic heterocycles. The first-order valence-corrected chi connectivity index (χ1v) is 21.9. The largest absolute Gasteiger partial charge is 0.457 e. The van der Waals surface area contributed by atoms with Crippen molar-refractivity contribution in [1.29, 1.82) is 0 Å². The third kappa shape index (κ3) is 6.24. The Morgan fingerprint density at radius 1 is 0.292 bits per heavy atom. The summed E-state index contributed by atoms with van der Waals surface area (Å²) in [5, 5.41) is 6.83. The van der Waals surface area contributed by atoms with Crippen LogP contribution in [0.1, 0.15) is 0 Å². The van der Waals surface area contributed by atoms with Crippen LogP contribution >= 0.6 is 0 Å². The lowest BCUT2D eigenvalue weighted by Gasteiger charge is -2.10. The lowest BCUT2D eigenvalue weighted by atomic mass is 10.0. The van der Waals surface area contributed by atoms with Crippen molar-refractivity contribution in [3.8, 4) is 56.6 Å². The van der Waals surface area contributed by atoms with Crippen molar-refractivity contribution < 1.29 is 13.9 Å². The van der Waals surface area contributed by atoms with E-state index in [1.54, 1.807) is 0 Å².